The fraction of sp³-hybridized carbons (Fsp3) is 0.500. The van der Waals surface area contributed by atoms with Gasteiger partial charge in [0.05, 0.1) is 0 Å². The number of fused-ring (bicyclic) bond motifs is 2. The molecule has 0 aromatic carbocycles. The van der Waals surface area contributed by atoms with E-state index in [1.807, 2.05) is 7.05 Å². The number of pyridine rings is 1. The first kappa shape index (κ1) is 14.6. The molecule has 0 bridgehead atoms. The lowest BCUT2D eigenvalue weighted by Crippen LogP contribution is -2.57. The zero-order valence-corrected chi connectivity index (χ0v) is 12.5. The number of likely N-dealkylation sites (N-methyl/N-ethyl adjacent to an activating group) is 1. The standard InChI is InChI=1S/C14H18N4O4/c1-8-6-9(15-13(21)22)12(20)18-10(8)11(19)16-14(18)4-3-5-17(2)7-14/h6,15H,3-5,7H2,1-2H3,(H,16,19)(H,21,22)/t14-/m0/s1. The molecular formula is C14H18N4O4. The fourth-order valence-electron chi connectivity index (χ4n) is 3.50. The van der Waals surface area contributed by atoms with Gasteiger partial charge in [0.25, 0.3) is 11.5 Å². The molecule has 3 heterocycles. The highest BCUT2D eigenvalue weighted by molar-refractivity contribution is 5.97. The number of anilines is 1. The number of likely N-dealkylation sites (tertiary alicyclic amines) is 1. The highest BCUT2D eigenvalue weighted by Crippen LogP contribution is 2.32. The van der Waals surface area contributed by atoms with E-state index in [9.17, 15) is 14.4 Å². The first-order chi connectivity index (χ1) is 10.3. The van der Waals surface area contributed by atoms with Gasteiger partial charge in [-0.15, -0.1) is 0 Å². The number of nitrogens with one attached hydrogen (secondary N) is 2. The molecule has 1 aromatic heterocycles. The summed E-state index contributed by atoms with van der Waals surface area (Å²) in [6.07, 6.45) is 0.189. The molecule has 2 aliphatic heterocycles. The van der Waals surface area contributed by atoms with Gasteiger partial charge in [0.1, 0.15) is 17.0 Å². The normalized spacial score (nSPS) is 24.2. The minimum atomic E-state index is -1.30. The average Bonchev–Trinajstić information content (AvgIpc) is 2.67. The zero-order chi connectivity index (χ0) is 16.1. The number of hydrogen-bond donors (Lipinski definition) is 3. The molecule has 1 fully saturated rings. The molecule has 1 spiro atoms. The van der Waals surface area contributed by atoms with Crippen LogP contribution >= 0.6 is 0 Å². The van der Waals surface area contributed by atoms with Crippen molar-refractivity contribution in [3.05, 3.63) is 27.7 Å². The molecule has 3 N–H and O–H groups in total. The Morgan fingerprint density at radius 2 is 2.18 bits per heavy atom. The monoisotopic (exact) mass is 306 g/mol. The SMILES string of the molecule is Cc1cc(NC(=O)O)c(=O)n2c1C(=O)N[C@@]21CCCN(C)C1. The molecule has 3 rings (SSSR count). The van der Waals surface area contributed by atoms with E-state index in [0.29, 0.717) is 24.2 Å². The number of rotatable bonds is 1. The third kappa shape index (κ3) is 2.07. The van der Waals surface area contributed by atoms with Crippen molar-refractivity contribution in [3.63, 3.8) is 0 Å². The Hall–Kier alpha value is -2.35. The van der Waals surface area contributed by atoms with Gasteiger partial charge in [-0.1, -0.05) is 0 Å². The lowest BCUT2D eigenvalue weighted by Gasteiger charge is -2.39. The summed E-state index contributed by atoms with van der Waals surface area (Å²) in [5, 5.41) is 13.9. The van der Waals surface area contributed by atoms with Crippen molar-refractivity contribution >= 4 is 17.7 Å². The van der Waals surface area contributed by atoms with Crippen LogP contribution in [0.4, 0.5) is 10.5 Å². The number of nitrogens with zero attached hydrogens (tertiary/aromatic N) is 2. The predicted octanol–water partition coefficient (Wildman–Crippen LogP) is 0.368. The lowest BCUT2D eigenvalue weighted by atomic mass is 9.98. The maximum atomic E-state index is 12.7. The topological polar surface area (TPSA) is 104 Å². The van der Waals surface area contributed by atoms with Crippen LogP contribution in [0.2, 0.25) is 0 Å². The average molecular weight is 306 g/mol. The van der Waals surface area contributed by atoms with Crippen LogP contribution in [0.1, 0.15) is 28.9 Å². The lowest BCUT2D eigenvalue weighted by molar-refractivity contribution is 0.0755. The Balaban J connectivity index is 2.21. The van der Waals surface area contributed by atoms with Crippen molar-refractivity contribution in [2.45, 2.75) is 25.4 Å². The summed E-state index contributed by atoms with van der Waals surface area (Å²) in [6.45, 7) is 3.11. The van der Waals surface area contributed by atoms with Gasteiger partial charge in [-0.25, -0.2) is 4.79 Å². The van der Waals surface area contributed by atoms with Gasteiger partial charge in [-0.2, -0.15) is 0 Å². The molecule has 2 amide bonds. The highest BCUT2D eigenvalue weighted by Gasteiger charge is 2.46. The van der Waals surface area contributed by atoms with E-state index in [1.54, 1.807) is 6.92 Å². The van der Waals surface area contributed by atoms with Crippen LogP contribution in [0.5, 0.6) is 0 Å². The number of aromatic nitrogens is 1. The Morgan fingerprint density at radius 3 is 2.82 bits per heavy atom. The number of carbonyl (C=O) groups is 2. The summed E-state index contributed by atoms with van der Waals surface area (Å²) in [7, 11) is 1.93. The van der Waals surface area contributed by atoms with Gasteiger partial charge < -0.3 is 15.3 Å². The van der Waals surface area contributed by atoms with Crippen molar-refractivity contribution < 1.29 is 14.7 Å². The number of amides is 2. The predicted molar refractivity (Wildman–Crippen MR) is 79.3 cm³/mol. The van der Waals surface area contributed by atoms with Gasteiger partial charge in [0.15, 0.2) is 0 Å². The molecule has 0 unspecified atom stereocenters. The molecule has 8 nitrogen and oxygen atoms in total. The molecule has 0 radical (unpaired) electrons. The van der Waals surface area contributed by atoms with Gasteiger partial charge >= 0.3 is 6.09 Å². The van der Waals surface area contributed by atoms with E-state index in [1.165, 1.54) is 10.6 Å². The summed E-state index contributed by atoms with van der Waals surface area (Å²) in [4.78, 5) is 37.9. The summed E-state index contributed by atoms with van der Waals surface area (Å²) in [5.41, 5.74) is -0.422. The molecule has 22 heavy (non-hydrogen) atoms. The van der Waals surface area contributed by atoms with Crippen LogP contribution in [0.3, 0.4) is 0 Å². The zero-order valence-electron chi connectivity index (χ0n) is 12.5. The number of carbonyl (C=O) groups excluding carboxylic acids is 1. The fourth-order valence-corrected chi connectivity index (χ4v) is 3.50. The summed E-state index contributed by atoms with van der Waals surface area (Å²) >= 11 is 0. The summed E-state index contributed by atoms with van der Waals surface area (Å²) in [6, 6.07) is 1.41. The van der Waals surface area contributed by atoms with Crippen molar-refractivity contribution in [2.24, 2.45) is 0 Å². The second-order valence-electron chi connectivity index (χ2n) is 5.99. The van der Waals surface area contributed by atoms with Gasteiger partial charge in [0.2, 0.25) is 0 Å². The van der Waals surface area contributed by atoms with Crippen molar-refractivity contribution in [3.8, 4) is 0 Å². The number of piperidine rings is 1. The largest absolute Gasteiger partial charge is 0.465 e. The first-order valence-corrected chi connectivity index (χ1v) is 7.12. The van der Waals surface area contributed by atoms with E-state index in [0.717, 1.165) is 13.0 Å². The summed E-state index contributed by atoms with van der Waals surface area (Å²) in [5.74, 6) is -0.285. The van der Waals surface area contributed by atoms with Crippen molar-refractivity contribution in [1.29, 1.82) is 0 Å². The quantitative estimate of drug-likeness (QED) is 0.695. The Bertz CT molecular complexity index is 726. The van der Waals surface area contributed by atoms with E-state index >= 15 is 0 Å². The molecule has 2 aliphatic rings. The maximum Gasteiger partial charge on any atom is 0.409 e. The number of carboxylic acid groups (broad SMARTS) is 1. The first-order valence-electron chi connectivity index (χ1n) is 7.12. The van der Waals surface area contributed by atoms with Gasteiger partial charge in [-0.05, 0) is 45.0 Å². The van der Waals surface area contributed by atoms with E-state index < -0.39 is 17.3 Å². The smallest absolute Gasteiger partial charge is 0.409 e. The van der Waals surface area contributed by atoms with Crippen molar-refractivity contribution in [2.75, 3.05) is 25.5 Å². The third-order valence-electron chi connectivity index (χ3n) is 4.28. The van der Waals surface area contributed by atoms with E-state index in [2.05, 4.69) is 15.5 Å². The molecule has 118 valence electrons. The van der Waals surface area contributed by atoms with Crippen LogP contribution < -0.4 is 16.2 Å². The van der Waals surface area contributed by atoms with Crippen LogP contribution in [0.25, 0.3) is 0 Å². The molecule has 0 aliphatic carbocycles. The Labute approximate surface area is 126 Å². The second-order valence-corrected chi connectivity index (χ2v) is 5.99. The highest BCUT2D eigenvalue weighted by atomic mass is 16.4. The van der Waals surface area contributed by atoms with E-state index in [4.69, 9.17) is 5.11 Å². The van der Waals surface area contributed by atoms with Crippen LogP contribution in [-0.4, -0.2) is 46.7 Å². The van der Waals surface area contributed by atoms with Crippen molar-refractivity contribution in [1.82, 2.24) is 14.8 Å². The van der Waals surface area contributed by atoms with Gasteiger partial charge in [-0.3, -0.25) is 19.5 Å². The molecule has 8 heteroatoms. The number of aryl methyl sites for hydroxylation is 1. The van der Waals surface area contributed by atoms with Crippen LogP contribution in [0, 0.1) is 6.92 Å². The molecular weight excluding hydrogens is 288 g/mol. The summed E-state index contributed by atoms with van der Waals surface area (Å²) < 4.78 is 1.44. The minimum Gasteiger partial charge on any atom is -0.465 e. The molecule has 1 saturated heterocycles. The molecule has 0 saturated carbocycles. The number of hydrogen-bond acceptors (Lipinski definition) is 4. The van der Waals surface area contributed by atoms with Crippen LogP contribution in [0.15, 0.2) is 10.9 Å². The van der Waals surface area contributed by atoms with Gasteiger partial charge in [0, 0.05) is 6.54 Å². The van der Waals surface area contributed by atoms with E-state index in [-0.39, 0.29) is 11.6 Å². The minimum absolute atomic E-state index is 0.0298. The van der Waals surface area contributed by atoms with Crippen LogP contribution in [-0.2, 0) is 5.66 Å². The Kier molecular flexibility index (Phi) is 3.21. The molecule has 1 aromatic rings. The Morgan fingerprint density at radius 1 is 1.45 bits per heavy atom. The second kappa shape index (κ2) is 4.84. The maximum absolute atomic E-state index is 12.7. The molecule has 1 atom stereocenters. The third-order valence-corrected chi connectivity index (χ3v) is 4.28.